The molecule has 5 rings (SSSR count). The van der Waals surface area contributed by atoms with Gasteiger partial charge in [0.15, 0.2) is 5.65 Å². The number of likely N-dealkylation sites (N-methyl/N-ethyl adjacent to an activating group) is 1. The minimum atomic E-state index is -0.720. The van der Waals surface area contributed by atoms with Crippen molar-refractivity contribution in [3.8, 4) is 0 Å². The fraction of sp³-hybridized carbons (Fsp3) is 0.391. The maximum Gasteiger partial charge on any atom is 0.303 e. The fourth-order valence-corrected chi connectivity index (χ4v) is 5.50. The van der Waals surface area contributed by atoms with E-state index in [1.165, 1.54) is 0 Å². The van der Waals surface area contributed by atoms with Gasteiger partial charge < -0.3 is 10.8 Å². The normalized spacial score (nSPS) is 21.5. The first-order valence-electron chi connectivity index (χ1n) is 11.1. The molecule has 0 bridgehead atoms. The number of aromatic nitrogens is 4. The van der Waals surface area contributed by atoms with Gasteiger partial charge in [-0.05, 0) is 65.2 Å². The van der Waals surface area contributed by atoms with Crippen molar-refractivity contribution in [3.05, 3.63) is 52.7 Å². The van der Waals surface area contributed by atoms with Crippen molar-refractivity contribution >= 4 is 44.6 Å². The summed E-state index contributed by atoms with van der Waals surface area (Å²) < 4.78 is 2.47. The third-order valence-electron chi connectivity index (χ3n) is 6.65. The number of pyridine rings is 1. The summed E-state index contributed by atoms with van der Waals surface area (Å²) in [5, 5.41) is 17.8. The van der Waals surface area contributed by atoms with Crippen LogP contribution in [0.15, 0.2) is 41.4 Å². The quantitative estimate of drug-likeness (QED) is 0.529. The number of rotatable bonds is 5. The molecule has 2 aliphatic rings. The summed E-state index contributed by atoms with van der Waals surface area (Å²) in [5.74, 6) is 0.292. The van der Waals surface area contributed by atoms with Gasteiger partial charge >= 0.3 is 5.97 Å². The van der Waals surface area contributed by atoms with Crippen LogP contribution in [0.4, 0.5) is 11.5 Å². The van der Waals surface area contributed by atoms with Gasteiger partial charge in [-0.2, -0.15) is 9.61 Å². The van der Waals surface area contributed by atoms with E-state index in [0.29, 0.717) is 12.4 Å². The lowest BCUT2D eigenvalue weighted by Crippen LogP contribution is -2.31. The van der Waals surface area contributed by atoms with Gasteiger partial charge in [-0.25, -0.2) is 9.99 Å². The average molecular weight is 512 g/mol. The topological polar surface area (TPSA) is 113 Å². The molecular formula is C23H26BrN7O2. The minimum Gasteiger partial charge on any atom is -0.481 e. The third-order valence-corrected chi connectivity index (χ3v) is 7.46. The Morgan fingerprint density at radius 2 is 2.06 bits per heavy atom. The lowest BCUT2D eigenvalue weighted by molar-refractivity contribution is -0.138. The number of fused-ring (bicyclic) bond motifs is 1. The van der Waals surface area contributed by atoms with Crippen LogP contribution in [0, 0.1) is 5.92 Å². The van der Waals surface area contributed by atoms with Gasteiger partial charge in [0.1, 0.15) is 5.82 Å². The van der Waals surface area contributed by atoms with Crippen molar-refractivity contribution in [1.82, 2.24) is 24.6 Å². The molecule has 0 aromatic carbocycles. The smallest absolute Gasteiger partial charge is 0.303 e. The zero-order valence-electron chi connectivity index (χ0n) is 18.4. The number of anilines is 2. The Bertz CT molecular complexity index is 1220. The number of hydrogen-bond donors (Lipinski definition) is 2. The minimum absolute atomic E-state index is 0.238. The number of nitrogen functional groups attached to an aromatic ring is 1. The van der Waals surface area contributed by atoms with Crippen LogP contribution in [0.25, 0.3) is 11.2 Å². The maximum atomic E-state index is 11.1. The number of carbonyl (C=O) groups is 1. The highest BCUT2D eigenvalue weighted by molar-refractivity contribution is 9.10. The summed E-state index contributed by atoms with van der Waals surface area (Å²) in [6, 6.07) is 3.94. The van der Waals surface area contributed by atoms with Crippen molar-refractivity contribution in [2.24, 2.45) is 5.92 Å². The van der Waals surface area contributed by atoms with E-state index in [2.05, 4.69) is 42.2 Å². The molecule has 1 aliphatic heterocycles. The van der Waals surface area contributed by atoms with Crippen molar-refractivity contribution in [2.75, 3.05) is 24.3 Å². The summed E-state index contributed by atoms with van der Waals surface area (Å²) in [6.45, 7) is 0.712. The second-order valence-corrected chi connectivity index (χ2v) is 9.62. The predicted molar refractivity (Wildman–Crippen MR) is 129 cm³/mol. The lowest BCUT2D eigenvalue weighted by atomic mass is 9.79. The molecule has 3 aromatic heterocycles. The molecule has 9 nitrogen and oxygen atoms in total. The molecule has 0 spiro atoms. The SMILES string of the molecule is CN1CC(c2cnn3c(N)c(Br)c(C4CCC(CC(=O)O)CC4)nc23)=CN1c1cccnc1. The van der Waals surface area contributed by atoms with Gasteiger partial charge in [0, 0.05) is 43.9 Å². The Balaban J connectivity index is 1.47. The van der Waals surface area contributed by atoms with Crippen molar-refractivity contribution in [3.63, 3.8) is 0 Å². The second-order valence-electron chi connectivity index (χ2n) is 8.83. The van der Waals surface area contributed by atoms with E-state index in [0.717, 1.165) is 58.3 Å². The van der Waals surface area contributed by atoms with Crippen molar-refractivity contribution in [2.45, 2.75) is 38.0 Å². The summed E-state index contributed by atoms with van der Waals surface area (Å²) in [5.41, 5.74) is 11.2. The molecular weight excluding hydrogens is 486 g/mol. The van der Waals surface area contributed by atoms with Gasteiger partial charge in [-0.3, -0.25) is 14.8 Å². The number of hydrogen-bond acceptors (Lipinski definition) is 7. The zero-order chi connectivity index (χ0) is 23.1. The average Bonchev–Trinajstić information content (AvgIpc) is 3.40. The lowest BCUT2D eigenvalue weighted by Gasteiger charge is -2.28. The van der Waals surface area contributed by atoms with Crippen LogP contribution in [0.2, 0.25) is 0 Å². The van der Waals surface area contributed by atoms with E-state index in [4.69, 9.17) is 15.8 Å². The van der Waals surface area contributed by atoms with Crippen LogP contribution in [0.3, 0.4) is 0 Å². The van der Waals surface area contributed by atoms with E-state index in [1.807, 2.05) is 31.6 Å². The monoisotopic (exact) mass is 511 g/mol. The van der Waals surface area contributed by atoms with Gasteiger partial charge in [-0.15, -0.1) is 0 Å². The van der Waals surface area contributed by atoms with Crippen LogP contribution in [0.1, 0.15) is 49.3 Å². The molecule has 1 saturated carbocycles. The Hall–Kier alpha value is -2.98. The predicted octanol–water partition coefficient (Wildman–Crippen LogP) is 3.93. The van der Waals surface area contributed by atoms with Crippen LogP contribution in [-0.2, 0) is 4.79 Å². The maximum absolute atomic E-state index is 11.1. The van der Waals surface area contributed by atoms with Crippen LogP contribution >= 0.6 is 15.9 Å². The number of carboxylic acid groups (broad SMARTS) is 1. The highest BCUT2D eigenvalue weighted by Gasteiger charge is 2.29. The molecule has 1 aliphatic carbocycles. The summed E-state index contributed by atoms with van der Waals surface area (Å²) in [6.07, 6.45) is 11.3. The van der Waals surface area contributed by atoms with Crippen LogP contribution < -0.4 is 10.7 Å². The largest absolute Gasteiger partial charge is 0.481 e. The molecule has 4 heterocycles. The Labute approximate surface area is 200 Å². The van der Waals surface area contributed by atoms with E-state index >= 15 is 0 Å². The van der Waals surface area contributed by atoms with Gasteiger partial charge in [0.25, 0.3) is 0 Å². The fourth-order valence-electron chi connectivity index (χ4n) is 4.92. The molecule has 33 heavy (non-hydrogen) atoms. The van der Waals surface area contributed by atoms with Crippen LogP contribution in [0.5, 0.6) is 0 Å². The van der Waals surface area contributed by atoms with E-state index in [9.17, 15) is 4.79 Å². The molecule has 3 N–H and O–H groups in total. The van der Waals surface area contributed by atoms with E-state index in [1.54, 1.807) is 10.7 Å². The number of halogens is 1. The van der Waals surface area contributed by atoms with Crippen molar-refractivity contribution < 1.29 is 9.90 Å². The number of nitrogens with zero attached hydrogens (tertiary/aromatic N) is 6. The Morgan fingerprint density at radius 1 is 1.27 bits per heavy atom. The van der Waals surface area contributed by atoms with Crippen LogP contribution in [-0.4, -0.2) is 49.3 Å². The molecule has 0 unspecified atom stereocenters. The first-order valence-corrected chi connectivity index (χ1v) is 11.9. The highest BCUT2D eigenvalue weighted by atomic mass is 79.9. The van der Waals surface area contributed by atoms with Gasteiger partial charge in [0.2, 0.25) is 0 Å². The third kappa shape index (κ3) is 4.08. The molecule has 10 heteroatoms. The molecule has 1 fully saturated rings. The second kappa shape index (κ2) is 8.75. The standard InChI is InChI=1S/C23H26BrN7O2/c1-29-12-16(13-30(29)17-3-2-8-26-10-17)18-11-27-31-22(25)20(24)21(28-23(18)31)15-6-4-14(5-7-15)9-19(32)33/h2-3,8,10-11,13-15H,4-7,9,12,25H2,1H3,(H,32,33). The number of carboxylic acids is 1. The van der Waals surface area contributed by atoms with Crippen molar-refractivity contribution in [1.29, 1.82) is 0 Å². The molecule has 0 amide bonds. The van der Waals surface area contributed by atoms with Gasteiger partial charge in [-0.1, -0.05) is 0 Å². The number of hydrazine groups is 1. The number of nitrogens with two attached hydrogens (primary N) is 1. The molecule has 0 radical (unpaired) electrons. The molecule has 0 saturated heterocycles. The number of aliphatic carboxylic acids is 1. The molecule has 3 aromatic rings. The zero-order valence-corrected chi connectivity index (χ0v) is 19.9. The van der Waals surface area contributed by atoms with E-state index in [-0.39, 0.29) is 18.3 Å². The first kappa shape index (κ1) is 21.8. The molecule has 172 valence electrons. The highest BCUT2D eigenvalue weighted by Crippen LogP contribution is 2.41. The Morgan fingerprint density at radius 3 is 2.76 bits per heavy atom. The van der Waals surface area contributed by atoms with E-state index < -0.39 is 5.97 Å². The van der Waals surface area contributed by atoms with Gasteiger partial charge in [0.05, 0.1) is 28.2 Å². The summed E-state index contributed by atoms with van der Waals surface area (Å²) in [7, 11) is 2.03. The summed E-state index contributed by atoms with van der Waals surface area (Å²) >= 11 is 3.65. The summed E-state index contributed by atoms with van der Waals surface area (Å²) in [4.78, 5) is 20.3. The molecule has 0 atom stereocenters. The first-order chi connectivity index (χ1) is 15.9. The Kier molecular flexibility index (Phi) is 5.79.